The van der Waals surface area contributed by atoms with Gasteiger partial charge in [0.2, 0.25) is 0 Å². The van der Waals surface area contributed by atoms with Gasteiger partial charge < -0.3 is 9.64 Å². The fourth-order valence-electron chi connectivity index (χ4n) is 2.44. The highest BCUT2D eigenvalue weighted by molar-refractivity contribution is 5.77. The van der Waals surface area contributed by atoms with Crippen LogP contribution in [0.25, 0.3) is 0 Å². The van der Waals surface area contributed by atoms with Crippen LogP contribution < -0.4 is 4.74 Å². The molecule has 0 fully saturated rings. The summed E-state index contributed by atoms with van der Waals surface area (Å²) in [6.07, 6.45) is 2.48. The van der Waals surface area contributed by atoms with Crippen LogP contribution in [-0.2, 0) is 11.3 Å². The maximum atomic E-state index is 12.8. The first kappa shape index (κ1) is 18.9. The summed E-state index contributed by atoms with van der Waals surface area (Å²) in [7, 11) is 1.54. The molecule has 1 aromatic carbocycles. The molecule has 1 heterocycles. The zero-order chi connectivity index (χ0) is 18.6. The summed E-state index contributed by atoms with van der Waals surface area (Å²) >= 11 is 0. The highest BCUT2D eigenvalue weighted by Gasteiger charge is 2.17. The van der Waals surface area contributed by atoms with Gasteiger partial charge in [-0.3, -0.25) is 9.36 Å². The van der Waals surface area contributed by atoms with Crippen LogP contribution in [0, 0.1) is 6.92 Å². The summed E-state index contributed by atoms with van der Waals surface area (Å²) in [5.74, 6) is 0.761. The molecule has 2 rings (SSSR count). The Balaban J connectivity index is 2.00. The Labute approximate surface area is 146 Å². The molecule has 0 N–H and O–H groups in total. The van der Waals surface area contributed by atoms with Crippen molar-refractivity contribution in [1.29, 1.82) is 0 Å². The van der Waals surface area contributed by atoms with Gasteiger partial charge in [0, 0.05) is 19.4 Å². The molecule has 7 heteroatoms. The molecule has 0 aliphatic rings. The van der Waals surface area contributed by atoms with Crippen molar-refractivity contribution in [3.63, 3.8) is 0 Å². The smallest absolute Gasteiger partial charge is 0.319 e. The Morgan fingerprint density at radius 2 is 2.08 bits per heavy atom. The highest BCUT2D eigenvalue weighted by atomic mass is 19.3. The Morgan fingerprint density at radius 1 is 1.36 bits per heavy atom. The average Bonchev–Trinajstić information content (AvgIpc) is 3.00. The fraction of sp³-hybridized carbons (Fsp3) is 0.444. The first-order valence-corrected chi connectivity index (χ1v) is 8.06. The van der Waals surface area contributed by atoms with Crippen LogP contribution in [0.1, 0.15) is 43.3 Å². The summed E-state index contributed by atoms with van der Waals surface area (Å²) in [5, 5.41) is 0. The fourth-order valence-corrected chi connectivity index (χ4v) is 2.44. The minimum atomic E-state index is -2.68. The molecule has 1 aromatic heterocycles. The quantitative estimate of drug-likeness (QED) is 0.763. The minimum absolute atomic E-state index is 0.00954. The molecule has 0 aliphatic carbocycles. The molecule has 0 aliphatic heterocycles. The molecule has 0 bridgehead atoms. The van der Waals surface area contributed by atoms with Crippen LogP contribution in [-0.4, -0.2) is 34.0 Å². The molecule has 0 unspecified atom stereocenters. The third-order valence-electron chi connectivity index (χ3n) is 3.91. The molecule has 136 valence electrons. The largest absolute Gasteiger partial charge is 0.483 e. The second kappa shape index (κ2) is 8.09. The number of rotatable bonds is 7. The van der Waals surface area contributed by atoms with E-state index in [1.165, 1.54) is 24.3 Å². The van der Waals surface area contributed by atoms with E-state index >= 15 is 0 Å². The van der Waals surface area contributed by atoms with Crippen LogP contribution in [0.3, 0.4) is 0 Å². The normalized spacial score (nSPS) is 11.2. The van der Waals surface area contributed by atoms with E-state index in [0.717, 1.165) is 15.7 Å². The number of ether oxygens (including phenoxy) is 1. The van der Waals surface area contributed by atoms with Crippen LogP contribution >= 0.6 is 0 Å². The lowest BCUT2D eigenvalue weighted by Crippen LogP contribution is -2.32. The predicted molar refractivity (Wildman–Crippen MR) is 90.7 cm³/mol. The van der Waals surface area contributed by atoms with Gasteiger partial charge in [-0.25, -0.2) is 4.98 Å². The Bertz CT molecular complexity index is 729. The molecular weight excluding hydrogens is 328 g/mol. The zero-order valence-electron chi connectivity index (χ0n) is 14.9. The third-order valence-corrected chi connectivity index (χ3v) is 3.91. The van der Waals surface area contributed by atoms with Crippen LogP contribution in [0.5, 0.6) is 5.75 Å². The number of alkyl halides is 2. The molecule has 5 nitrogen and oxygen atoms in total. The average molecular weight is 351 g/mol. The van der Waals surface area contributed by atoms with Gasteiger partial charge in [-0.2, -0.15) is 8.78 Å². The number of carbonyl (C=O) groups excluding carboxylic acids is 1. The lowest BCUT2D eigenvalue weighted by molar-refractivity contribution is -0.132. The summed E-state index contributed by atoms with van der Waals surface area (Å²) in [6, 6.07) is 5.88. The molecule has 0 spiro atoms. The summed E-state index contributed by atoms with van der Waals surface area (Å²) < 4.78 is 32.1. The Kier molecular flexibility index (Phi) is 6.12. The maximum absolute atomic E-state index is 12.8. The number of aryl methyl sites for hydroxylation is 1. The van der Waals surface area contributed by atoms with Crippen molar-refractivity contribution in [3.05, 3.63) is 47.5 Å². The van der Waals surface area contributed by atoms with Crippen molar-refractivity contribution in [2.24, 2.45) is 0 Å². The number of benzene rings is 1. The molecule has 25 heavy (non-hydrogen) atoms. The van der Waals surface area contributed by atoms with Crippen molar-refractivity contribution in [2.75, 3.05) is 13.7 Å². The van der Waals surface area contributed by atoms with Crippen molar-refractivity contribution in [3.8, 4) is 5.75 Å². The van der Waals surface area contributed by atoms with Crippen molar-refractivity contribution in [1.82, 2.24) is 14.5 Å². The molecule has 2 aromatic rings. The van der Waals surface area contributed by atoms with Crippen molar-refractivity contribution >= 4 is 5.91 Å². The van der Waals surface area contributed by atoms with Gasteiger partial charge in [0.05, 0.1) is 6.54 Å². The van der Waals surface area contributed by atoms with Crippen molar-refractivity contribution in [2.45, 2.75) is 39.8 Å². The third kappa shape index (κ3) is 4.78. The van der Waals surface area contributed by atoms with E-state index < -0.39 is 6.55 Å². The number of likely N-dealkylation sites (N-methyl/N-ethyl adjacent to an activating group) is 1. The lowest BCUT2D eigenvalue weighted by Gasteiger charge is -2.19. The number of imidazole rings is 1. The van der Waals surface area contributed by atoms with E-state index in [-0.39, 0.29) is 30.8 Å². The summed E-state index contributed by atoms with van der Waals surface area (Å²) in [6.45, 7) is 3.21. The minimum Gasteiger partial charge on any atom is -0.483 e. The molecule has 1 amide bonds. The van der Waals surface area contributed by atoms with Gasteiger partial charge in [0.25, 0.3) is 5.91 Å². The number of nitrogens with zero attached hydrogens (tertiary/aromatic N) is 3. The van der Waals surface area contributed by atoms with Crippen LogP contribution in [0.2, 0.25) is 0 Å². The number of hydrogen-bond acceptors (Lipinski definition) is 3. The molecule has 0 radical (unpaired) electrons. The number of hydrogen-bond donors (Lipinski definition) is 0. The Morgan fingerprint density at radius 3 is 2.72 bits per heavy atom. The Hall–Kier alpha value is -2.44. The highest BCUT2D eigenvalue weighted by Crippen LogP contribution is 2.27. The SMILES string of the molecule is Cc1ccc(C(C)C)c(OCC(=O)N(C)Cc2nccn2C(F)F)c1. The second-order valence-electron chi connectivity index (χ2n) is 6.26. The van der Waals surface area contributed by atoms with E-state index in [1.807, 2.05) is 25.1 Å². The van der Waals surface area contributed by atoms with Gasteiger partial charge in [-0.1, -0.05) is 26.0 Å². The van der Waals surface area contributed by atoms with E-state index in [2.05, 4.69) is 18.8 Å². The molecule has 0 saturated carbocycles. The second-order valence-corrected chi connectivity index (χ2v) is 6.26. The number of carbonyl (C=O) groups is 1. The monoisotopic (exact) mass is 351 g/mol. The zero-order valence-corrected chi connectivity index (χ0v) is 14.9. The van der Waals surface area contributed by atoms with E-state index in [1.54, 1.807) is 0 Å². The van der Waals surface area contributed by atoms with Crippen LogP contribution in [0.4, 0.5) is 8.78 Å². The van der Waals surface area contributed by atoms with E-state index in [9.17, 15) is 13.6 Å². The van der Waals surface area contributed by atoms with Crippen LogP contribution in [0.15, 0.2) is 30.6 Å². The maximum Gasteiger partial charge on any atom is 0.319 e. The van der Waals surface area contributed by atoms with E-state index in [4.69, 9.17) is 4.74 Å². The number of amides is 1. The number of aromatic nitrogens is 2. The topological polar surface area (TPSA) is 47.4 Å². The van der Waals surface area contributed by atoms with Gasteiger partial charge in [-0.05, 0) is 30.0 Å². The first-order chi connectivity index (χ1) is 11.8. The molecule has 0 saturated heterocycles. The van der Waals surface area contributed by atoms with Gasteiger partial charge >= 0.3 is 6.55 Å². The van der Waals surface area contributed by atoms with E-state index in [0.29, 0.717) is 5.75 Å². The van der Waals surface area contributed by atoms with Crippen molar-refractivity contribution < 1.29 is 18.3 Å². The van der Waals surface area contributed by atoms with Gasteiger partial charge in [0.15, 0.2) is 6.61 Å². The van der Waals surface area contributed by atoms with Gasteiger partial charge in [-0.15, -0.1) is 0 Å². The van der Waals surface area contributed by atoms with Gasteiger partial charge in [0.1, 0.15) is 11.6 Å². The molecular formula is C18H23F2N3O2. The lowest BCUT2D eigenvalue weighted by atomic mass is 10.0. The summed E-state index contributed by atoms with van der Waals surface area (Å²) in [4.78, 5) is 17.5. The number of halogens is 2. The first-order valence-electron chi connectivity index (χ1n) is 8.06. The standard InChI is InChI=1S/C18H23F2N3O2/c1-12(2)14-6-5-13(3)9-15(14)25-11-17(24)22(4)10-16-21-7-8-23(16)18(19)20/h5-9,12,18H,10-11H2,1-4H3. The predicted octanol–water partition coefficient (Wildman–Crippen LogP) is 3.75. The summed E-state index contributed by atoms with van der Waals surface area (Å²) in [5.41, 5.74) is 2.06. The molecule has 0 atom stereocenters.